The van der Waals surface area contributed by atoms with E-state index in [0.29, 0.717) is 16.7 Å². The van der Waals surface area contributed by atoms with E-state index in [0.717, 1.165) is 0 Å². The Hall–Kier alpha value is -5.96. The Kier molecular flexibility index (Phi) is 9.72. The summed E-state index contributed by atoms with van der Waals surface area (Å²) in [4.78, 5) is 6.54. The number of nitriles is 3. The molecule has 0 atom stereocenters. The van der Waals surface area contributed by atoms with E-state index in [4.69, 9.17) is 18.6 Å². The number of nitrogens with one attached hydrogen (secondary N) is 1. The fourth-order valence-corrected chi connectivity index (χ4v) is 3.05. The van der Waals surface area contributed by atoms with Gasteiger partial charge in [0.2, 0.25) is 0 Å². The first kappa shape index (κ1) is 25.3. The smallest absolute Gasteiger partial charge is 0.258 e. The average Bonchev–Trinajstić information content (AvgIpc) is 2.92. The summed E-state index contributed by atoms with van der Waals surface area (Å²) in [5.74, 6) is 2.28. The summed E-state index contributed by atoms with van der Waals surface area (Å²) < 4.78 is 0. The Morgan fingerprint density at radius 1 is 0.714 bits per heavy atom. The predicted octanol–water partition coefficient (Wildman–Crippen LogP) is 6.43. The van der Waals surface area contributed by atoms with Crippen LogP contribution in [0.1, 0.15) is 11.1 Å². The van der Waals surface area contributed by atoms with Gasteiger partial charge in [-0.1, -0.05) is 78.9 Å². The standard InChI is InChI=1S/C29H16N6/c1-34-26(20-32)28(22-12-6-3-7-13-22)24(18-30)16-10-5-11-17-25(19-31)29(27(21-33)35-2)23-14-8-4-9-15-23/h3-17,30H/b11-5+,16-10+,25-17+,28-26+,29-27-. The van der Waals surface area contributed by atoms with Gasteiger partial charge in [-0.25, -0.2) is 20.2 Å². The number of benzene rings is 2. The Morgan fingerprint density at radius 3 is 1.69 bits per heavy atom. The third-order valence-electron chi connectivity index (χ3n) is 4.58. The van der Waals surface area contributed by atoms with E-state index in [1.165, 1.54) is 12.2 Å². The highest BCUT2D eigenvalue weighted by molar-refractivity contribution is 5.94. The van der Waals surface area contributed by atoms with Gasteiger partial charge in [0.05, 0.1) is 36.9 Å². The molecule has 6 nitrogen and oxygen atoms in total. The van der Waals surface area contributed by atoms with Gasteiger partial charge >= 0.3 is 0 Å². The van der Waals surface area contributed by atoms with Crippen LogP contribution in [-0.4, -0.2) is 5.87 Å². The molecule has 0 aliphatic heterocycles. The number of rotatable bonds is 7. The summed E-state index contributed by atoms with van der Waals surface area (Å²) in [6, 6.07) is 23.3. The topological polar surface area (TPSA) is 104 Å². The van der Waals surface area contributed by atoms with Crippen molar-refractivity contribution in [2.45, 2.75) is 0 Å². The molecule has 0 aliphatic carbocycles. The van der Waals surface area contributed by atoms with Gasteiger partial charge in [-0.15, -0.1) is 0 Å². The molecular formula is C29H16N6. The van der Waals surface area contributed by atoms with E-state index in [1.54, 1.807) is 78.9 Å². The highest BCUT2D eigenvalue weighted by Crippen LogP contribution is 2.28. The molecule has 0 saturated heterocycles. The average molecular weight is 448 g/mol. The van der Waals surface area contributed by atoms with E-state index in [-0.39, 0.29) is 28.1 Å². The molecule has 0 aromatic heterocycles. The van der Waals surface area contributed by atoms with E-state index in [2.05, 4.69) is 15.6 Å². The van der Waals surface area contributed by atoms with Gasteiger partial charge in [0.25, 0.3) is 11.4 Å². The molecule has 0 fully saturated rings. The van der Waals surface area contributed by atoms with Crippen LogP contribution >= 0.6 is 0 Å². The monoisotopic (exact) mass is 448 g/mol. The van der Waals surface area contributed by atoms with Gasteiger partial charge in [-0.3, -0.25) is 5.41 Å². The van der Waals surface area contributed by atoms with Crippen LogP contribution in [0.4, 0.5) is 0 Å². The summed E-state index contributed by atoms with van der Waals surface area (Å²) in [5.41, 5.74) is 1.74. The zero-order valence-corrected chi connectivity index (χ0v) is 18.4. The second kappa shape index (κ2) is 13.5. The van der Waals surface area contributed by atoms with Crippen molar-refractivity contribution in [1.82, 2.24) is 0 Å². The Balaban J connectivity index is 2.45. The molecular weight excluding hydrogens is 432 g/mol. The fraction of sp³-hybridized carbons (Fsp3) is 0. The summed E-state index contributed by atoms with van der Waals surface area (Å²) in [7, 11) is 0. The highest BCUT2D eigenvalue weighted by atomic mass is 14.7. The van der Waals surface area contributed by atoms with E-state index in [9.17, 15) is 15.8 Å². The molecule has 0 bridgehead atoms. The van der Waals surface area contributed by atoms with Crippen LogP contribution in [0.2, 0.25) is 0 Å². The fourth-order valence-electron chi connectivity index (χ4n) is 3.05. The molecule has 0 saturated carbocycles. The summed E-state index contributed by atoms with van der Waals surface area (Å²) in [6.45, 7) is 14.6. The van der Waals surface area contributed by atoms with Gasteiger partial charge in [-0.2, -0.15) is 5.26 Å². The SMILES string of the molecule is [C-]#[N+]\C(C#N)=C(/C(C#N)=C/C=C/C=C/C(=C=N)/C(=C(\C#N)[N+]#[C-])c1ccccc1)c1ccccc1. The Morgan fingerprint density at radius 2 is 1.23 bits per heavy atom. The molecule has 0 radical (unpaired) electrons. The molecule has 2 rings (SSSR count). The Bertz CT molecular complexity index is 1480. The molecule has 35 heavy (non-hydrogen) atoms. The molecule has 6 heteroatoms. The van der Waals surface area contributed by atoms with Gasteiger partial charge < -0.3 is 0 Å². The lowest BCUT2D eigenvalue weighted by atomic mass is 9.96. The van der Waals surface area contributed by atoms with Gasteiger partial charge in [0.1, 0.15) is 0 Å². The molecule has 1 N–H and O–H groups in total. The van der Waals surface area contributed by atoms with Crippen LogP contribution in [0.15, 0.2) is 114 Å². The minimum absolute atomic E-state index is 0.140. The molecule has 0 aliphatic rings. The van der Waals surface area contributed by atoms with Crippen molar-refractivity contribution < 1.29 is 0 Å². The van der Waals surface area contributed by atoms with Crippen LogP contribution in [0.3, 0.4) is 0 Å². The second-order valence-electron chi connectivity index (χ2n) is 6.60. The molecule has 0 unspecified atom stereocenters. The molecule has 0 amide bonds. The maximum absolute atomic E-state index is 9.67. The quantitative estimate of drug-likeness (QED) is 0.228. The van der Waals surface area contributed by atoms with Crippen molar-refractivity contribution in [3.05, 3.63) is 148 Å². The number of nitrogens with zero attached hydrogens (tertiary/aromatic N) is 5. The van der Waals surface area contributed by atoms with Gasteiger partial charge in [-0.05, 0) is 29.1 Å². The minimum atomic E-state index is -0.192. The van der Waals surface area contributed by atoms with Crippen LogP contribution in [0.25, 0.3) is 20.8 Å². The van der Waals surface area contributed by atoms with E-state index < -0.39 is 0 Å². The first-order valence-corrected chi connectivity index (χ1v) is 10.0. The number of hydrogen-bond donors (Lipinski definition) is 1. The summed E-state index contributed by atoms with van der Waals surface area (Å²) in [6.07, 6.45) is 7.74. The predicted molar refractivity (Wildman–Crippen MR) is 134 cm³/mol. The van der Waals surface area contributed by atoms with Gasteiger partial charge in [0, 0.05) is 16.7 Å². The van der Waals surface area contributed by atoms with Gasteiger partial charge in [0.15, 0.2) is 0 Å². The highest BCUT2D eigenvalue weighted by Gasteiger charge is 2.14. The molecule has 0 spiro atoms. The van der Waals surface area contributed by atoms with Crippen molar-refractivity contribution in [3.63, 3.8) is 0 Å². The third-order valence-corrected chi connectivity index (χ3v) is 4.58. The molecule has 2 aromatic carbocycles. The second-order valence-corrected chi connectivity index (χ2v) is 6.60. The van der Waals surface area contributed by atoms with Crippen molar-refractivity contribution >= 4 is 17.0 Å². The van der Waals surface area contributed by atoms with Crippen molar-refractivity contribution in [3.8, 4) is 18.2 Å². The van der Waals surface area contributed by atoms with Crippen LogP contribution in [0, 0.1) is 52.5 Å². The minimum Gasteiger partial charge on any atom is -0.258 e. The van der Waals surface area contributed by atoms with E-state index >= 15 is 0 Å². The first-order chi connectivity index (χ1) is 17.1. The van der Waals surface area contributed by atoms with Crippen molar-refractivity contribution in [2.75, 3.05) is 0 Å². The largest absolute Gasteiger partial charge is 0.270 e. The maximum Gasteiger partial charge on any atom is 0.270 e. The lowest BCUT2D eigenvalue weighted by Gasteiger charge is -2.07. The molecule has 0 heterocycles. The molecule has 2 aromatic rings. The lowest BCUT2D eigenvalue weighted by molar-refractivity contribution is 1.46. The first-order valence-electron chi connectivity index (χ1n) is 10.0. The third kappa shape index (κ3) is 6.51. The van der Waals surface area contributed by atoms with Crippen LogP contribution < -0.4 is 0 Å². The zero-order chi connectivity index (χ0) is 25.5. The number of allylic oxidation sites excluding steroid dienone is 11. The lowest BCUT2D eigenvalue weighted by Crippen LogP contribution is -1.92. The number of hydrogen-bond acceptors (Lipinski definition) is 4. The molecule has 162 valence electrons. The van der Waals surface area contributed by atoms with Crippen LogP contribution in [-0.2, 0) is 0 Å². The zero-order valence-electron chi connectivity index (χ0n) is 18.4. The van der Waals surface area contributed by atoms with Crippen molar-refractivity contribution in [2.24, 2.45) is 0 Å². The Labute approximate surface area is 204 Å². The van der Waals surface area contributed by atoms with E-state index in [1.807, 2.05) is 18.2 Å². The maximum atomic E-state index is 9.67. The summed E-state index contributed by atoms with van der Waals surface area (Å²) >= 11 is 0. The van der Waals surface area contributed by atoms with Crippen LogP contribution in [0.5, 0.6) is 0 Å². The van der Waals surface area contributed by atoms with Crippen molar-refractivity contribution in [1.29, 1.82) is 21.2 Å². The summed E-state index contributed by atoms with van der Waals surface area (Å²) in [5, 5.41) is 36.1. The normalized spacial score (nSPS) is 12.1.